The Morgan fingerprint density at radius 3 is 2.50 bits per heavy atom. The van der Waals surface area contributed by atoms with Crippen molar-refractivity contribution >= 4 is 40.8 Å². The molecule has 0 unspecified atom stereocenters. The summed E-state index contributed by atoms with van der Waals surface area (Å²) < 4.78 is 11.5. The number of hydrogen-bond donors (Lipinski definition) is 1. The molecule has 0 saturated heterocycles. The van der Waals surface area contributed by atoms with Gasteiger partial charge in [0.15, 0.2) is 6.61 Å². The monoisotopic (exact) mass is 437 g/mol. The van der Waals surface area contributed by atoms with Crippen molar-refractivity contribution in [3.05, 3.63) is 56.4 Å². The van der Waals surface area contributed by atoms with E-state index in [0.717, 1.165) is 6.07 Å². The Kier molecular flexibility index (Phi) is 7.54. The number of amides is 1. The lowest BCUT2D eigenvalue weighted by molar-refractivity contribution is -0.384. The summed E-state index contributed by atoms with van der Waals surface area (Å²) >= 11 is 5.90. The minimum atomic E-state index is -0.683. The average Bonchev–Trinajstić information content (AvgIpc) is 2.96. The van der Waals surface area contributed by atoms with Crippen molar-refractivity contribution < 1.29 is 28.8 Å². The van der Waals surface area contributed by atoms with Crippen LogP contribution in [0.15, 0.2) is 24.3 Å². The van der Waals surface area contributed by atoms with Gasteiger partial charge in [0.1, 0.15) is 6.54 Å². The van der Waals surface area contributed by atoms with Crippen molar-refractivity contribution in [3.63, 3.8) is 0 Å². The number of nitrogens with one attached hydrogen (secondary N) is 1. The molecule has 0 fully saturated rings. The Morgan fingerprint density at radius 1 is 1.20 bits per heavy atom. The maximum Gasteiger partial charge on any atom is 0.339 e. The first kappa shape index (κ1) is 22.9. The number of esters is 2. The SMILES string of the molecule is CCOC(=O)c1cc(C)n(CC(=O)OCC(=O)Nc2ccc([N+](=O)[O-])cc2Cl)c1C. The molecule has 1 aromatic heterocycles. The highest BCUT2D eigenvalue weighted by atomic mass is 35.5. The van der Waals surface area contributed by atoms with Gasteiger partial charge in [-0.1, -0.05) is 11.6 Å². The summed E-state index contributed by atoms with van der Waals surface area (Å²) in [6.07, 6.45) is 0. The van der Waals surface area contributed by atoms with E-state index in [1.165, 1.54) is 12.1 Å². The number of nitro groups is 1. The minimum absolute atomic E-state index is 0.0195. The molecule has 1 heterocycles. The molecule has 160 valence electrons. The van der Waals surface area contributed by atoms with E-state index in [1.807, 2.05) is 0 Å². The molecule has 2 rings (SSSR count). The van der Waals surface area contributed by atoms with Gasteiger partial charge in [-0.3, -0.25) is 19.7 Å². The lowest BCUT2D eigenvalue weighted by Gasteiger charge is -2.11. The molecule has 0 bridgehead atoms. The Hall–Kier alpha value is -3.40. The Morgan fingerprint density at radius 2 is 1.90 bits per heavy atom. The van der Waals surface area contributed by atoms with Crippen LogP contribution >= 0.6 is 11.6 Å². The number of benzene rings is 1. The lowest BCUT2D eigenvalue weighted by atomic mass is 10.2. The molecule has 0 spiro atoms. The summed E-state index contributed by atoms with van der Waals surface area (Å²) in [6, 6.07) is 5.18. The number of aryl methyl sites for hydroxylation is 1. The van der Waals surface area contributed by atoms with E-state index in [1.54, 1.807) is 31.4 Å². The van der Waals surface area contributed by atoms with E-state index in [-0.39, 0.29) is 29.5 Å². The molecule has 0 aliphatic carbocycles. The Bertz CT molecular complexity index is 1000. The van der Waals surface area contributed by atoms with Gasteiger partial charge in [-0.25, -0.2) is 4.79 Å². The van der Waals surface area contributed by atoms with Crippen LogP contribution in [0.2, 0.25) is 5.02 Å². The number of nitrogens with zero attached hydrogens (tertiary/aromatic N) is 2. The molecule has 2 aromatic rings. The van der Waals surface area contributed by atoms with Crippen LogP contribution < -0.4 is 5.32 Å². The first-order valence-electron chi connectivity index (χ1n) is 8.87. The van der Waals surface area contributed by atoms with E-state index in [9.17, 15) is 24.5 Å². The number of anilines is 1. The van der Waals surface area contributed by atoms with Crippen LogP contribution in [-0.2, 0) is 25.6 Å². The topological polar surface area (TPSA) is 130 Å². The predicted molar refractivity (Wildman–Crippen MR) is 108 cm³/mol. The van der Waals surface area contributed by atoms with E-state index < -0.39 is 29.4 Å². The predicted octanol–water partition coefficient (Wildman–Crippen LogP) is 3.03. The molecule has 0 saturated carbocycles. The molecule has 1 aromatic carbocycles. The Labute approximate surface area is 176 Å². The highest BCUT2D eigenvalue weighted by Crippen LogP contribution is 2.26. The first-order valence-corrected chi connectivity index (χ1v) is 9.25. The van der Waals surface area contributed by atoms with Crippen molar-refractivity contribution in [3.8, 4) is 0 Å². The lowest BCUT2D eigenvalue weighted by Crippen LogP contribution is -2.23. The second kappa shape index (κ2) is 9.88. The molecular formula is C19H20ClN3O7. The summed E-state index contributed by atoms with van der Waals surface area (Å²) in [5.41, 5.74) is 1.50. The van der Waals surface area contributed by atoms with Crippen molar-refractivity contribution in [2.45, 2.75) is 27.3 Å². The number of carbonyl (C=O) groups is 3. The number of nitro benzene ring substituents is 1. The zero-order chi connectivity index (χ0) is 22.4. The molecule has 1 amide bonds. The van der Waals surface area contributed by atoms with Gasteiger partial charge in [0.05, 0.1) is 27.8 Å². The zero-order valence-corrected chi connectivity index (χ0v) is 17.3. The van der Waals surface area contributed by atoms with Crippen molar-refractivity contribution in [1.82, 2.24) is 4.57 Å². The highest BCUT2D eigenvalue weighted by Gasteiger charge is 2.19. The number of ether oxygens (including phenoxy) is 2. The molecule has 0 atom stereocenters. The number of non-ortho nitro benzene ring substituents is 1. The summed E-state index contributed by atoms with van der Waals surface area (Å²) in [5, 5.41) is 13.1. The molecule has 0 aliphatic heterocycles. The molecule has 10 nitrogen and oxygen atoms in total. The van der Waals surface area contributed by atoms with Crippen LogP contribution in [0.3, 0.4) is 0 Å². The molecule has 1 N–H and O–H groups in total. The van der Waals surface area contributed by atoms with Gasteiger partial charge in [0.25, 0.3) is 11.6 Å². The fraction of sp³-hybridized carbons (Fsp3) is 0.316. The number of halogens is 1. The van der Waals surface area contributed by atoms with Crippen LogP contribution in [0, 0.1) is 24.0 Å². The van der Waals surface area contributed by atoms with Gasteiger partial charge in [-0.2, -0.15) is 0 Å². The quantitative estimate of drug-likeness (QED) is 0.381. The van der Waals surface area contributed by atoms with E-state index in [0.29, 0.717) is 17.0 Å². The van der Waals surface area contributed by atoms with Crippen LogP contribution in [0.4, 0.5) is 11.4 Å². The van der Waals surface area contributed by atoms with Crippen molar-refractivity contribution in [2.75, 3.05) is 18.5 Å². The summed E-state index contributed by atoms with van der Waals surface area (Å²) in [7, 11) is 0. The number of hydrogen-bond acceptors (Lipinski definition) is 7. The summed E-state index contributed by atoms with van der Waals surface area (Å²) in [4.78, 5) is 46.1. The zero-order valence-electron chi connectivity index (χ0n) is 16.6. The smallest absolute Gasteiger partial charge is 0.339 e. The molecule has 30 heavy (non-hydrogen) atoms. The fourth-order valence-electron chi connectivity index (χ4n) is 2.69. The van der Waals surface area contributed by atoms with Crippen molar-refractivity contribution in [1.29, 1.82) is 0 Å². The molecule has 0 aliphatic rings. The summed E-state index contributed by atoms with van der Waals surface area (Å²) in [6.45, 7) is 4.57. The van der Waals surface area contributed by atoms with E-state index >= 15 is 0 Å². The van der Waals surface area contributed by atoms with Gasteiger partial charge in [0, 0.05) is 23.5 Å². The van der Waals surface area contributed by atoms with Gasteiger partial charge in [0.2, 0.25) is 0 Å². The van der Waals surface area contributed by atoms with Crippen LogP contribution in [0.25, 0.3) is 0 Å². The van der Waals surface area contributed by atoms with Crippen molar-refractivity contribution in [2.24, 2.45) is 0 Å². The van der Waals surface area contributed by atoms with Gasteiger partial charge >= 0.3 is 11.9 Å². The van der Waals surface area contributed by atoms with Gasteiger partial charge < -0.3 is 19.4 Å². The number of rotatable bonds is 8. The van der Waals surface area contributed by atoms with Crippen LogP contribution in [-0.4, -0.2) is 40.5 Å². The maximum absolute atomic E-state index is 12.1. The third-order valence-corrected chi connectivity index (χ3v) is 4.47. The molecule has 11 heteroatoms. The summed E-state index contributed by atoms with van der Waals surface area (Å²) in [5.74, 6) is -1.83. The minimum Gasteiger partial charge on any atom is -0.462 e. The molecular weight excluding hydrogens is 418 g/mol. The average molecular weight is 438 g/mol. The third kappa shape index (κ3) is 5.57. The van der Waals surface area contributed by atoms with Crippen LogP contribution in [0.1, 0.15) is 28.7 Å². The van der Waals surface area contributed by atoms with E-state index in [4.69, 9.17) is 21.1 Å². The molecule has 0 radical (unpaired) electrons. The Balaban J connectivity index is 1.94. The second-order valence-corrected chi connectivity index (χ2v) is 6.63. The normalized spacial score (nSPS) is 10.4. The largest absolute Gasteiger partial charge is 0.462 e. The number of carbonyl (C=O) groups excluding carboxylic acids is 3. The number of aromatic nitrogens is 1. The maximum atomic E-state index is 12.1. The highest BCUT2D eigenvalue weighted by molar-refractivity contribution is 6.34. The standard InChI is InChI=1S/C19H20ClN3O7/c1-4-29-19(26)14-7-11(2)22(12(14)3)9-18(25)30-10-17(24)21-16-6-5-13(23(27)28)8-15(16)20/h5-8H,4,9-10H2,1-3H3,(H,21,24). The first-order chi connectivity index (χ1) is 14.1. The fourth-order valence-corrected chi connectivity index (χ4v) is 2.91. The van der Waals surface area contributed by atoms with Gasteiger partial charge in [-0.15, -0.1) is 0 Å². The van der Waals surface area contributed by atoms with E-state index in [2.05, 4.69) is 5.32 Å². The van der Waals surface area contributed by atoms with Gasteiger partial charge in [-0.05, 0) is 32.9 Å². The third-order valence-electron chi connectivity index (χ3n) is 4.16. The van der Waals surface area contributed by atoms with Crippen LogP contribution in [0.5, 0.6) is 0 Å². The second-order valence-electron chi connectivity index (χ2n) is 6.22.